The Balaban J connectivity index is 2.05. The van der Waals surface area contributed by atoms with E-state index < -0.39 is 33.2 Å². The molecular weight excluding hydrogens is 389 g/mol. The van der Waals surface area contributed by atoms with Crippen LogP contribution in [0.5, 0.6) is 5.88 Å². The number of hydrogen-bond acceptors (Lipinski definition) is 6. The molecular formula is C16H21F3N2O5S. The Morgan fingerprint density at radius 2 is 1.93 bits per heavy atom. The molecule has 2 rings (SSSR count). The minimum atomic E-state index is -5.76. The first-order chi connectivity index (χ1) is 12.3. The Morgan fingerprint density at radius 3 is 2.44 bits per heavy atom. The van der Waals surface area contributed by atoms with E-state index in [1.54, 1.807) is 25.7 Å². The SMILES string of the molecule is CC(C)(C)OC(=O)N1CCC[C@@H](c2ccc(OS(=O)(=O)C(F)(F)F)nc2)C1. The third kappa shape index (κ3) is 5.72. The van der Waals surface area contributed by atoms with Crippen LogP contribution in [0.1, 0.15) is 45.1 Å². The quantitative estimate of drug-likeness (QED) is 0.561. The number of rotatable bonds is 3. The minimum absolute atomic E-state index is 0.0907. The van der Waals surface area contributed by atoms with Gasteiger partial charge in [0.25, 0.3) is 0 Å². The van der Waals surface area contributed by atoms with E-state index in [1.807, 2.05) is 0 Å². The van der Waals surface area contributed by atoms with Crippen LogP contribution >= 0.6 is 0 Å². The maximum absolute atomic E-state index is 12.3. The molecule has 1 aromatic heterocycles. The molecule has 1 aromatic rings. The molecule has 27 heavy (non-hydrogen) atoms. The Labute approximate surface area is 155 Å². The number of carbonyl (C=O) groups excluding carboxylic acids is 1. The second-order valence-corrected chi connectivity index (χ2v) is 8.72. The molecule has 0 bridgehead atoms. The average molecular weight is 410 g/mol. The molecule has 1 atom stereocenters. The van der Waals surface area contributed by atoms with E-state index in [2.05, 4.69) is 9.17 Å². The van der Waals surface area contributed by atoms with E-state index in [9.17, 15) is 26.4 Å². The number of aromatic nitrogens is 1. The first-order valence-corrected chi connectivity index (χ1v) is 9.64. The first-order valence-electron chi connectivity index (χ1n) is 8.23. The van der Waals surface area contributed by atoms with Crippen LogP contribution < -0.4 is 4.18 Å². The summed E-state index contributed by atoms with van der Waals surface area (Å²) in [5.74, 6) is -0.761. The second kappa shape index (κ2) is 7.53. The van der Waals surface area contributed by atoms with Crippen molar-refractivity contribution in [2.24, 2.45) is 0 Å². The number of hydrogen-bond donors (Lipinski definition) is 0. The van der Waals surface area contributed by atoms with Gasteiger partial charge in [-0.3, -0.25) is 0 Å². The van der Waals surface area contributed by atoms with Crippen LogP contribution in [0.4, 0.5) is 18.0 Å². The topological polar surface area (TPSA) is 85.8 Å². The molecule has 1 aliphatic heterocycles. The number of halogens is 3. The molecule has 2 heterocycles. The molecule has 0 spiro atoms. The number of amides is 1. The summed E-state index contributed by atoms with van der Waals surface area (Å²) >= 11 is 0. The van der Waals surface area contributed by atoms with Crippen molar-refractivity contribution < 1.29 is 35.3 Å². The lowest BCUT2D eigenvalue weighted by atomic mass is 9.92. The monoisotopic (exact) mass is 410 g/mol. The van der Waals surface area contributed by atoms with Crippen LogP contribution in [0, 0.1) is 0 Å². The molecule has 1 aliphatic rings. The number of carbonyl (C=O) groups is 1. The van der Waals surface area contributed by atoms with Gasteiger partial charge in [0.1, 0.15) is 5.60 Å². The fourth-order valence-corrected chi connectivity index (χ4v) is 3.00. The van der Waals surface area contributed by atoms with Gasteiger partial charge in [-0.05, 0) is 39.2 Å². The fraction of sp³-hybridized carbons (Fsp3) is 0.625. The van der Waals surface area contributed by atoms with Crippen molar-refractivity contribution >= 4 is 16.2 Å². The molecule has 1 fully saturated rings. The van der Waals surface area contributed by atoms with Gasteiger partial charge in [-0.2, -0.15) is 21.6 Å². The van der Waals surface area contributed by atoms with Crippen molar-refractivity contribution in [3.05, 3.63) is 23.9 Å². The molecule has 0 N–H and O–H groups in total. The third-order valence-electron chi connectivity index (χ3n) is 3.78. The zero-order valence-electron chi connectivity index (χ0n) is 15.1. The van der Waals surface area contributed by atoms with Gasteiger partial charge >= 0.3 is 21.7 Å². The minimum Gasteiger partial charge on any atom is -0.444 e. The number of nitrogens with zero attached hydrogens (tertiary/aromatic N) is 2. The van der Waals surface area contributed by atoms with Crippen LogP contribution in [-0.2, 0) is 14.9 Å². The predicted molar refractivity (Wildman–Crippen MR) is 89.6 cm³/mol. The van der Waals surface area contributed by atoms with Gasteiger partial charge in [0.05, 0.1) is 0 Å². The number of pyridine rings is 1. The molecule has 11 heteroatoms. The van der Waals surface area contributed by atoms with Gasteiger partial charge in [0.15, 0.2) is 0 Å². The maximum Gasteiger partial charge on any atom is 0.534 e. The number of ether oxygens (including phenoxy) is 1. The van der Waals surface area contributed by atoms with Gasteiger partial charge < -0.3 is 13.8 Å². The molecule has 7 nitrogen and oxygen atoms in total. The van der Waals surface area contributed by atoms with Crippen molar-refractivity contribution in [1.29, 1.82) is 0 Å². The molecule has 0 unspecified atom stereocenters. The summed E-state index contributed by atoms with van der Waals surface area (Å²) in [5, 5.41) is 0. The predicted octanol–water partition coefficient (Wildman–Crippen LogP) is 3.42. The molecule has 152 valence electrons. The summed E-state index contributed by atoms with van der Waals surface area (Å²) in [4.78, 5) is 17.4. The Kier molecular flexibility index (Phi) is 5.93. The van der Waals surface area contributed by atoms with E-state index in [0.717, 1.165) is 18.9 Å². The summed E-state index contributed by atoms with van der Waals surface area (Å²) < 4.78 is 68.3. The summed E-state index contributed by atoms with van der Waals surface area (Å²) in [5.41, 5.74) is -5.47. The van der Waals surface area contributed by atoms with Gasteiger partial charge in [0, 0.05) is 31.3 Å². The molecule has 1 saturated heterocycles. The van der Waals surface area contributed by atoms with E-state index in [1.165, 1.54) is 12.3 Å². The maximum atomic E-state index is 12.3. The average Bonchev–Trinajstić information content (AvgIpc) is 2.53. The normalized spacial score (nSPS) is 18.9. The van der Waals surface area contributed by atoms with Crippen molar-refractivity contribution in [2.45, 2.75) is 50.6 Å². The molecule has 0 radical (unpaired) electrons. The Hall–Kier alpha value is -2.04. The van der Waals surface area contributed by atoms with Gasteiger partial charge in [-0.15, -0.1) is 0 Å². The van der Waals surface area contributed by atoms with Crippen LogP contribution in [-0.4, -0.2) is 48.6 Å². The lowest BCUT2D eigenvalue weighted by molar-refractivity contribution is -0.0501. The molecule has 1 amide bonds. The van der Waals surface area contributed by atoms with Gasteiger partial charge in [-0.1, -0.05) is 6.07 Å². The highest BCUT2D eigenvalue weighted by Crippen LogP contribution is 2.30. The lowest BCUT2D eigenvalue weighted by Gasteiger charge is -2.34. The fourth-order valence-electron chi connectivity index (χ4n) is 2.58. The van der Waals surface area contributed by atoms with Crippen molar-refractivity contribution in [2.75, 3.05) is 13.1 Å². The summed E-state index contributed by atoms with van der Waals surface area (Å²) in [7, 11) is -5.76. The van der Waals surface area contributed by atoms with Crippen molar-refractivity contribution in [3.63, 3.8) is 0 Å². The third-order valence-corrected chi connectivity index (χ3v) is 4.74. The summed E-state index contributed by atoms with van der Waals surface area (Å²) in [6.45, 7) is 6.22. The van der Waals surface area contributed by atoms with Gasteiger partial charge in [0.2, 0.25) is 5.88 Å². The highest BCUT2D eigenvalue weighted by Gasteiger charge is 2.48. The van der Waals surface area contributed by atoms with Crippen LogP contribution in [0.2, 0.25) is 0 Å². The standard InChI is InChI=1S/C16H21F3N2O5S/c1-15(2,3)25-14(22)21-8-4-5-12(10-21)11-6-7-13(20-9-11)26-27(23,24)16(17,18)19/h6-7,9,12H,4-5,8,10H2,1-3H3/t12-/m1/s1. The van der Waals surface area contributed by atoms with Crippen molar-refractivity contribution in [3.8, 4) is 5.88 Å². The van der Waals surface area contributed by atoms with Crippen LogP contribution in [0.3, 0.4) is 0 Å². The summed E-state index contributed by atoms with van der Waals surface area (Å²) in [6, 6.07) is 2.50. The van der Waals surface area contributed by atoms with Crippen LogP contribution in [0.25, 0.3) is 0 Å². The lowest BCUT2D eigenvalue weighted by Crippen LogP contribution is -2.42. The highest BCUT2D eigenvalue weighted by molar-refractivity contribution is 7.87. The molecule has 0 aliphatic carbocycles. The largest absolute Gasteiger partial charge is 0.534 e. The van der Waals surface area contributed by atoms with E-state index in [-0.39, 0.29) is 5.92 Å². The van der Waals surface area contributed by atoms with E-state index in [0.29, 0.717) is 18.7 Å². The van der Waals surface area contributed by atoms with E-state index in [4.69, 9.17) is 4.74 Å². The second-order valence-electron chi connectivity index (χ2n) is 7.18. The molecule has 0 saturated carbocycles. The highest BCUT2D eigenvalue weighted by atomic mass is 32.2. The number of likely N-dealkylation sites (tertiary alicyclic amines) is 1. The molecule has 0 aromatic carbocycles. The Bertz CT molecular complexity index is 773. The van der Waals surface area contributed by atoms with E-state index >= 15 is 0 Å². The van der Waals surface area contributed by atoms with Crippen molar-refractivity contribution in [1.82, 2.24) is 9.88 Å². The van der Waals surface area contributed by atoms with Crippen LogP contribution in [0.15, 0.2) is 18.3 Å². The number of alkyl halides is 3. The smallest absolute Gasteiger partial charge is 0.444 e. The Morgan fingerprint density at radius 1 is 1.26 bits per heavy atom. The first kappa shape index (κ1) is 21.3. The van der Waals surface area contributed by atoms with Gasteiger partial charge in [-0.25, -0.2) is 9.78 Å². The zero-order valence-corrected chi connectivity index (χ0v) is 15.9. The zero-order chi connectivity index (χ0) is 20.5. The number of piperidine rings is 1. The summed E-state index contributed by atoms with van der Waals surface area (Å²) in [6.07, 6.45) is 2.30.